The van der Waals surface area contributed by atoms with Crippen molar-refractivity contribution in [3.8, 4) is 0 Å². The molecule has 2 heterocycles. The highest BCUT2D eigenvalue weighted by Gasteiger charge is 2.42. The molecule has 9 heteroatoms. The van der Waals surface area contributed by atoms with Gasteiger partial charge in [0.15, 0.2) is 5.11 Å². The number of nitrogens with zero attached hydrogens (tertiary/aromatic N) is 3. The molecule has 1 aliphatic rings. The lowest BCUT2D eigenvalue weighted by atomic mass is 9.72. The molecule has 4 rings (SSSR count). The van der Waals surface area contributed by atoms with Crippen molar-refractivity contribution < 1.29 is 13.5 Å². The third-order valence-corrected chi connectivity index (χ3v) is 8.76. The van der Waals surface area contributed by atoms with Crippen molar-refractivity contribution in [3.05, 3.63) is 90.3 Å². The summed E-state index contributed by atoms with van der Waals surface area (Å²) < 4.78 is 25.7. The van der Waals surface area contributed by atoms with Crippen molar-refractivity contribution in [3.63, 3.8) is 0 Å². The van der Waals surface area contributed by atoms with Crippen LogP contribution in [0.2, 0.25) is 0 Å². The molecule has 1 saturated heterocycles. The Morgan fingerprint density at radius 3 is 2.23 bits per heavy atom. The molecule has 0 bridgehead atoms. The number of likely N-dealkylation sites (tertiary alicyclic amines) is 1. The quantitative estimate of drug-likeness (QED) is 0.490. The van der Waals surface area contributed by atoms with Crippen LogP contribution in [0, 0.1) is 5.92 Å². The van der Waals surface area contributed by atoms with Gasteiger partial charge in [-0.3, -0.25) is 4.98 Å². The number of anilines is 1. The first-order valence-electron chi connectivity index (χ1n) is 11.5. The topological polar surface area (TPSA) is 85.8 Å². The van der Waals surface area contributed by atoms with Crippen LogP contribution in [0.15, 0.2) is 84.0 Å². The molecule has 1 aliphatic heterocycles. The van der Waals surface area contributed by atoms with E-state index in [9.17, 15) is 13.5 Å². The Hall–Kier alpha value is -2.85. The van der Waals surface area contributed by atoms with Crippen molar-refractivity contribution in [2.24, 2.45) is 5.92 Å². The van der Waals surface area contributed by atoms with Gasteiger partial charge >= 0.3 is 0 Å². The fraction of sp³-hybridized carbons (Fsp3) is 0.308. The minimum absolute atomic E-state index is 0.00340. The molecule has 1 atom stereocenters. The zero-order valence-corrected chi connectivity index (χ0v) is 21.5. The number of aliphatic hydroxyl groups is 1. The number of aromatic nitrogens is 1. The van der Waals surface area contributed by atoms with Gasteiger partial charge in [0.1, 0.15) is 5.60 Å². The maximum Gasteiger partial charge on any atom is 0.242 e. The molecule has 0 spiro atoms. The van der Waals surface area contributed by atoms with Gasteiger partial charge in [0, 0.05) is 50.8 Å². The number of nitrogens with one attached hydrogen (secondary N) is 1. The van der Waals surface area contributed by atoms with Crippen molar-refractivity contribution in [2.75, 3.05) is 32.5 Å². The number of benzene rings is 2. The van der Waals surface area contributed by atoms with Gasteiger partial charge in [-0.15, -0.1) is 0 Å². The Kier molecular flexibility index (Phi) is 7.51. The van der Waals surface area contributed by atoms with Crippen LogP contribution in [0.3, 0.4) is 0 Å². The molecule has 0 saturated carbocycles. The minimum atomic E-state index is -3.47. The summed E-state index contributed by atoms with van der Waals surface area (Å²) in [6.45, 7) is 1.39. The van der Waals surface area contributed by atoms with E-state index in [1.807, 2.05) is 42.5 Å². The van der Waals surface area contributed by atoms with E-state index in [1.54, 1.807) is 36.7 Å². The summed E-state index contributed by atoms with van der Waals surface area (Å²) in [5.74, 6) is 0.00340. The largest absolute Gasteiger partial charge is 0.380 e. The molecular formula is C26H30N4O3S2. The number of pyridine rings is 1. The third kappa shape index (κ3) is 5.23. The number of sulfonamides is 1. The number of piperidine rings is 1. The van der Waals surface area contributed by atoms with E-state index in [1.165, 1.54) is 18.4 Å². The Bertz CT molecular complexity index is 1200. The lowest BCUT2D eigenvalue weighted by molar-refractivity contribution is -0.00658. The average Bonchev–Trinajstić information content (AvgIpc) is 2.89. The molecule has 0 aliphatic carbocycles. The fourth-order valence-corrected chi connectivity index (χ4v) is 5.74. The van der Waals surface area contributed by atoms with Gasteiger partial charge < -0.3 is 15.3 Å². The van der Waals surface area contributed by atoms with Gasteiger partial charge in [0.25, 0.3) is 0 Å². The second-order valence-electron chi connectivity index (χ2n) is 8.88. The summed E-state index contributed by atoms with van der Waals surface area (Å²) in [5.41, 5.74) is 1.24. The van der Waals surface area contributed by atoms with Crippen molar-refractivity contribution in [2.45, 2.75) is 23.3 Å². The van der Waals surface area contributed by atoms with Crippen LogP contribution in [0.1, 0.15) is 24.0 Å². The van der Waals surface area contributed by atoms with E-state index >= 15 is 0 Å². The summed E-state index contributed by atoms with van der Waals surface area (Å²) in [5, 5.41) is 15.8. The molecule has 7 nitrogen and oxygen atoms in total. The SMILES string of the molecule is CN(C)S(=O)(=O)c1ccc(NC(=S)N2CCC(C(O)(c3ccccc3)c3cccnc3)CC2)cc1. The van der Waals surface area contributed by atoms with Gasteiger partial charge in [-0.05, 0) is 66.9 Å². The van der Waals surface area contributed by atoms with Gasteiger partial charge in [0.05, 0.1) is 4.90 Å². The van der Waals surface area contributed by atoms with E-state index in [4.69, 9.17) is 12.2 Å². The molecule has 1 fully saturated rings. The molecule has 0 amide bonds. The summed E-state index contributed by atoms with van der Waals surface area (Å²) in [4.78, 5) is 6.57. The van der Waals surface area contributed by atoms with Crippen LogP contribution in [0.25, 0.3) is 0 Å². The maximum absolute atomic E-state index is 12.3. The van der Waals surface area contributed by atoms with Crippen LogP contribution in [-0.4, -0.2) is 60.0 Å². The van der Waals surface area contributed by atoms with Gasteiger partial charge in [-0.2, -0.15) is 0 Å². The number of hydrogen-bond donors (Lipinski definition) is 2. The zero-order valence-electron chi connectivity index (χ0n) is 19.8. The predicted molar refractivity (Wildman–Crippen MR) is 142 cm³/mol. The lowest BCUT2D eigenvalue weighted by Crippen LogP contribution is -2.47. The van der Waals surface area contributed by atoms with Crippen LogP contribution in [-0.2, 0) is 15.6 Å². The average molecular weight is 511 g/mol. The smallest absolute Gasteiger partial charge is 0.242 e. The van der Waals surface area contributed by atoms with Gasteiger partial charge in [-0.25, -0.2) is 12.7 Å². The Morgan fingerprint density at radius 2 is 1.66 bits per heavy atom. The van der Waals surface area contributed by atoms with Crippen molar-refractivity contribution in [1.29, 1.82) is 0 Å². The second kappa shape index (κ2) is 10.4. The summed E-state index contributed by atoms with van der Waals surface area (Å²) in [6, 6.07) is 20.1. The summed E-state index contributed by atoms with van der Waals surface area (Å²) in [7, 11) is -0.460. The molecule has 2 N–H and O–H groups in total. The highest BCUT2D eigenvalue weighted by Crippen LogP contribution is 2.41. The molecule has 1 aromatic heterocycles. The lowest BCUT2D eigenvalue weighted by Gasteiger charge is -2.42. The van der Waals surface area contributed by atoms with E-state index in [2.05, 4.69) is 15.2 Å². The Labute approximate surface area is 212 Å². The van der Waals surface area contributed by atoms with Crippen LogP contribution >= 0.6 is 12.2 Å². The van der Waals surface area contributed by atoms with Crippen LogP contribution in [0.5, 0.6) is 0 Å². The van der Waals surface area contributed by atoms with E-state index in [0.717, 1.165) is 29.7 Å². The molecule has 184 valence electrons. The Morgan fingerprint density at radius 1 is 1.03 bits per heavy atom. The molecule has 35 heavy (non-hydrogen) atoms. The molecule has 3 aromatic rings. The second-order valence-corrected chi connectivity index (χ2v) is 11.4. The van der Waals surface area contributed by atoms with E-state index < -0.39 is 15.6 Å². The standard InChI is InChI=1S/C26H30N4O3S2/c1-29(2)35(32,33)24-12-10-23(11-13-24)28-25(34)30-17-14-21(15-18-30)26(31,20-7-4-3-5-8-20)22-9-6-16-27-19-22/h3-13,16,19,21,31H,14-15,17-18H2,1-2H3,(H,28,34). The van der Waals surface area contributed by atoms with Gasteiger partial charge in [-0.1, -0.05) is 36.4 Å². The normalized spacial score (nSPS) is 16.6. The zero-order chi connectivity index (χ0) is 25.1. The first kappa shape index (κ1) is 25.2. The van der Waals surface area contributed by atoms with Gasteiger partial charge in [0.2, 0.25) is 10.0 Å². The number of thiocarbonyl (C=S) groups is 1. The third-order valence-electron chi connectivity index (χ3n) is 6.57. The fourth-order valence-electron chi connectivity index (χ4n) is 4.54. The minimum Gasteiger partial charge on any atom is -0.380 e. The van der Waals surface area contributed by atoms with Crippen LogP contribution in [0.4, 0.5) is 5.69 Å². The first-order valence-corrected chi connectivity index (χ1v) is 13.3. The number of rotatable bonds is 6. The summed E-state index contributed by atoms with van der Waals surface area (Å²) >= 11 is 5.64. The van der Waals surface area contributed by atoms with Crippen molar-refractivity contribution >= 4 is 33.0 Å². The molecular weight excluding hydrogens is 480 g/mol. The van der Waals surface area contributed by atoms with E-state index in [0.29, 0.717) is 18.2 Å². The monoisotopic (exact) mass is 510 g/mol. The van der Waals surface area contributed by atoms with Crippen molar-refractivity contribution in [1.82, 2.24) is 14.2 Å². The van der Waals surface area contributed by atoms with E-state index in [-0.39, 0.29) is 10.8 Å². The molecule has 2 aromatic carbocycles. The molecule has 0 radical (unpaired) electrons. The highest BCUT2D eigenvalue weighted by atomic mass is 32.2. The molecule has 1 unspecified atom stereocenters. The highest BCUT2D eigenvalue weighted by molar-refractivity contribution is 7.89. The summed E-state index contributed by atoms with van der Waals surface area (Å²) in [6.07, 6.45) is 4.96. The first-order chi connectivity index (χ1) is 16.7. The predicted octanol–water partition coefficient (Wildman–Crippen LogP) is 3.68. The van der Waals surface area contributed by atoms with Crippen LogP contribution < -0.4 is 5.32 Å². The Balaban J connectivity index is 1.44. The maximum atomic E-state index is 12.3. The number of hydrogen-bond acceptors (Lipinski definition) is 5.